The van der Waals surface area contributed by atoms with Crippen LogP contribution in [0, 0.1) is 18.3 Å². The predicted molar refractivity (Wildman–Crippen MR) is 118 cm³/mol. The zero-order valence-electron chi connectivity index (χ0n) is 18.5. The number of nitrogens with one attached hydrogen (secondary N) is 3. The summed E-state index contributed by atoms with van der Waals surface area (Å²) in [7, 11) is 0. The van der Waals surface area contributed by atoms with Crippen molar-refractivity contribution in [3.05, 3.63) is 29.3 Å². The van der Waals surface area contributed by atoms with E-state index in [2.05, 4.69) is 5.32 Å². The van der Waals surface area contributed by atoms with Gasteiger partial charge in [0, 0.05) is 25.2 Å². The lowest BCUT2D eigenvalue weighted by molar-refractivity contribution is 0.0952. The van der Waals surface area contributed by atoms with E-state index in [1.54, 1.807) is 12.1 Å². The number of ether oxygens (including phenoxy) is 1. The second-order valence-corrected chi connectivity index (χ2v) is 7.94. The molecule has 0 saturated carbocycles. The standard InChI is InChI=1S/C22H33F2N5O3/c1-15-14-17(5-6-18(15)21(30)27-10-3-9-25)32-13-2-4-16-7-11-29(12-8-16)22(31)28-20(26)19(23)24/h5-6,14,16,19H,2-4,7-13,25H2,1H3,(H,27,30)(H2,26,28,31). The molecule has 0 spiro atoms. The number of hydrogen-bond acceptors (Lipinski definition) is 5. The normalized spacial score (nSPS) is 14.3. The maximum atomic E-state index is 12.4. The summed E-state index contributed by atoms with van der Waals surface area (Å²) in [5, 5.41) is 11.8. The van der Waals surface area contributed by atoms with Gasteiger partial charge in [-0.05, 0) is 75.3 Å². The van der Waals surface area contributed by atoms with E-state index in [-0.39, 0.29) is 5.91 Å². The fourth-order valence-electron chi connectivity index (χ4n) is 3.62. The molecule has 1 saturated heterocycles. The molecule has 1 heterocycles. The summed E-state index contributed by atoms with van der Waals surface area (Å²) >= 11 is 0. The van der Waals surface area contributed by atoms with E-state index in [0.29, 0.717) is 50.0 Å². The van der Waals surface area contributed by atoms with Crippen LogP contribution in [0.3, 0.4) is 0 Å². The van der Waals surface area contributed by atoms with Gasteiger partial charge in [0.15, 0.2) is 5.84 Å². The summed E-state index contributed by atoms with van der Waals surface area (Å²) < 4.78 is 30.5. The molecule has 0 unspecified atom stereocenters. The number of amidine groups is 1. The molecular formula is C22H33F2N5O3. The van der Waals surface area contributed by atoms with E-state index in [0.717, 1.165) is 37.7 Å². The number of aryl methyl sites for hydroxylation is 1. The second kappa shape index (κ2) is 12.9. The first-order valence-electron chi connectivity index (χ1n) is 11.0. The minimum absolute atomic E-state index is 0.117. The Hall–Kier alpha value is -2.75. The van der Waals surface area contributed by atoms with Crippen LogP contribution >= 0.6 is 0 Å². The van der Waals surface area contributed by atoms with E-state index >= 15 is 0 Å². The van der Waals surface area contributed by atoms with Crippen molar-refractivity contribution in [2.24, 2.45) is 11.7 Å². The molecule has 10 heteroatoms. The molecule has 2 rings (SSSR count). The van der Waals surface area contributed by atoms with Gasteiger partial charge >= 0.3 is 6.03 Å². The van der Waals surface area contributed by atoms with Crippen molar-refractivity contribution in [2.75, 3.05) is 32.8 Å². The highest BCUT2D eigenvalue weighted by molar-refractivity contribution is 5.97. The lowest BCUT2D eigenvalue weighted by Gasteiger charge is -2.32. The number of halogens is 2. The van der Waals surface area contributed by atoms with Crippen molar-refractivity contribution < 1.29 is 23.1 Å². The largest absolute Gasteiger partial charge is 0.494 e. The zero-order chi connectivity index (χ0) is 23.5. The van der Waals surface area contributed by atoms with Gasteiger partial charge in [0.25, 0.3) is 12.3 Å². The quantitative estimate of drug-likeness (QED) is 0.247. The number of amides is 3. The molecule has 1 aromatic rings. The Kier molecular flexibility index (Phi) is 10.3. The Morgan fingerprint density at radius 1 is 1.28 bits per heavy atom. The summed E-state index contributed by atoms with van der Waals surface area (Å²) in [5.41, 5.74) is 6.90. The fourth-order valence-corrected chi connectivity index (χ4v) is 3.62. The summed E-state index contributed by atoms with van der Waals surface area (Å²) in [6, 6.07) is 4.77. The maximum Gasteiger partial charge on any atom is 0.322 e. The van der Waals surface area contributed by atoms with Crippen LogP contribution in [-0.4, -0.2) is 61.9 Å². The highest BCUT2D eigenvalue weighted by Gasteiger charge is 2.24. The molecule has 1 aliphatic heterocycles. The molecule has 0 aliphatic carbocycles. The number of nitrogens with two attached hydrogens (primary N) is 1. The van der Waals surface area contributed by atoms with E-state index < -0.39 is 18.3 Å². The molecule has 1 aromatic carbocycles. The average molecular weight is 454 g/mol. The van der Waals surface area contributed by atoms with Gasteiger partial charge in [-0.1, -0.05) is 0 Å². The second-order valence-electron chi connectivity index (χ2n) is 7.94. The highest BCUT2D eigenvalue weighted by Crippen LogP contribution is 2.23. The molecule has 178 valence electrons. The molecule has 5 N–H and O–H groups in total. The monoisotopic (exact) mass is 453 g/mol. The van der Waals surface area contributed by atoms with E-state index in [1.807, 2.05) is 18.3 Å². The van der Waals surface area contributed by atoms with Crippen molar-refractivity contribution in [1.29, 1.82) is 5.41 Å². The smallest absolute Gasteiger partial charge is 0.322 e. The van der Waals surface area contributed by atoms with Gasteiger partial charge in [0.2, 0.25) is 0 Å². The molecule has 1 fully saturated rings. The van der Waals surface area contributed by atoms with Crippen molar-refractivity contribution in [1.82, 2.24) is 15.5 Å². The molecule has 0 aromatic heterocycles. The SMILES string of the molecule is Cc1cc(OCCCC2CCN(C(=O)NC(=N)C(F)F)CC2)ccc1C(=O)NCCCN. The van der Waals surface area contributed by atoms with Gasteiger partial charge in [-0.2, -0.15) is 0 Å². The number of nitrogens with zero attached hydrogens (tertiary/aromatic N) is 1. The van der Waals surface area contributed by atoms with Gasteiger partial charge < -0.3 is 20.7 Å². The molecule has 8 nitrogen and oxygen atoms in total. The number of rotatable bonds is 10. The Labute approximate surface area is 187 Å². The molecular weight excluding hydrogens is 420 g/mol. The van der Waals surface area contributed by atoms with Crippen molar-refractivity contribution >= 4 is 17.8 Å². The Bertz CT molecular complexity index is 783. The summed E-state index contributed by atoms with van der Waals surface area (Å²) in [5.74, 6) is -0.0224. The third-order valence-electron chi connectivity index (χ3n) is 5.50. The number of piperidine rings is 1. The van der Waals surface area contributed by atoms with Crippen molar-refractivity contribution in [3.8, 4) is 5.75 Å². The van der Waals surface area contributed by atoms with Crippen LogP contribution in [-0.2, 0) is 0 Å². The Morgan fingerprint density at radius 2 is 2.00 bits per heavy atom. The van der Waals surface area contributed by atoms with E-state index in [1.165, 1.54) is 4.90 Å². The van der Waals surface area contributed by atoms with Crippen LogP contribution in [0.5, 0.6) is 5.75 Å². The topological polar surface area (TPSA) is 121 Å². The lowest BCUT2D eigenvalue weighted by Crippen LogP contribution is -2.47. The first-order chi connectivity index (χ1) is 15.3. The molecule has 3 amide bonds. The molecule has 1 aliphatic rings. The molecule has 0 bridgehead atoms. The molecule has 32 heavy (non-hydrogen) atoms. The van der Waals surface area contributed by atoms with Crippen LogP contribution < -0.4 is 21.1 Å². The number of carbonyl (C=O) groups excluding carboxylic acids is 2. The number of hydrogen-bond donors (Lipinski definition) is 4. The van der Waals surface area contributed by atoms with Gasteiger partial charge in [0.05, 0.1) is 6.61 Å². The third-order valence-corrected chi connectivity index (χ3v) is 5.50. The fraction of sp³-hybridized carbons (Fsp3) is 0.591. The first-order valence-corrected chi connectivity index (χ1v) is 11.0. The summed E-state index contributed by atoms with van der Waals surface area (Å²) in [4.78, 5) is 25.5. The van der Waals surface area contributed by atoms with E-state index in [9.17, 15) is 18.4 Å². The highest BCUT2D eigenvalue weighted by atomic mass is 19.3. The first kappa shape index (κ1) is 25.5. The number of alkyl halides is 2. The van der Waals surface area contributed by atoms with E-state index in [4.69, 9.17) is 15.9 Å². The molecule has 0 radical (unpaired) electrons. The van der Waals surface area contributed by atoms with Crippen LogP contribution in [0.2, 0.25) is 0 Å². The Morgan fingerprint density at radius 3 is 2.62 bits per heavy atom. The van der Waals surface area contributed by atoms with Crippen LogP contribution in [0.15, 0.2) is 18.2 Å². The van der Waals surface area contributed by atoms with Crippen LogP contribution in [0.1, 0.15) is 48.0 Å². The summed E-state index contributed by atoms with van der Waals surface area (Å²) in [6.07, 6.45) is 1.15. The third kappa shape index (κ3) is 8.07. The van der Waals surface area contributed by atoms with Crippen molar-refractivity contribution in [3.63, 3.8) is 0 Å². The van der Waals surface area contributed by atoms with Gasteiger partial charge in [-0.25, -0.2) is 13.6 Å². The van der Waals surface area contributed by atoms with Crippen LogP contribution in [0.4, 0.5) is 13.6 Å². The van der Waals surface area contributed by atoms with Gasteiger partial charge in [0.1, 0.15) is 5.75 Å². The van der Waals surface area contributed by atoms with Crippen molar-refractivity contribution in [2.45, 2.75) is 45.5 Å². The Balaban J connectivity index is 1.67. The van der Waals surface area contributed by atoms with Crippen LogP contribution in [0.25, 0.3) is 0 Å². The molecule has 0 atom stereocenters. The predicted octanol–water partition coefficient (Wildman–Crippen LogP) is 2.90. The number of urea groups is 1. The zero-order valence-corrected chi connectivity index (χ0v) is 18.5. The minimum atomic E-state index is -2.98. The number of benzene rings is 1. The lowest BCUT2D eigenvalue weighted by atomic mass is 9.92. The number of likely N-dealkylation sites (tertiary alicyclic amines) is 1. The minimum Gasteiger partial charge on any atom is -0.494 e. The van der Waals surface area contributed by atoms with Gasteiger partial charge in [-0.15, -0.1) is 0 Å². The summed E-state index contributed by atoms with van der Waals surface area (Å²) in [6.45, 7) is 4.48. The van der Waals surface area contributed by atoms with Gasteiger partial charge in [-0.3, -0.25) is 15.5 Å². The maximum absolute atomic E-state index is 12.4. The number of carbonyl (C=O) groups is 2. The average Bonchev–Trinajstić information content (AvgIpc) is 2.77.